The number of allylic oxidation sites excluding steroid dienone is 4. The highest BCUT2D eigenvalue weighted by Crippen LogP contribution is 2.33. The van der Waals surface area contributed by atoms with Crippen LogP contribution in [0.25, 0.3) is 44.4 Å². The standard InChI is InChI=1S/C25H16N4O3/c1-32-21-13-14(10-11-20(21)30)12-19-24(31)27-25-26-22-17-8-4-2-6-15(17)16-7-3-5-9-18(16)23(22)28-29(19)25/h2-13,31H,1H3. The lowest BCUT2D eigenvalue weighted by Gasteiger charge is -2.09. The van der Waals surface area contributed by atoms with E-state index in [-0.39, 0.29) is 23.2 Å². The Morgan fingerprint density at radius 1 is 0.906 bits per heavy atom. The fourth-order valence-corrected chi connectivity index (χ4v) is 4.15. The quantitative estimate of drug-likeness (QED) is 0.427. The predicted molar refractivity (Wildman–Crippen MR) is 122 cm³/mol. The maximum absolute atomic E-state index is 11.8. The van der Waals surface area contributed by atoms with Crippen LogP contribution in [0.4, 0.5) is 0 Å². The number of carbonyl (C=O) groups is 1. The van der Waals surface area contributed by atoms with Gasteiger partial charge in [0.15, 0.2) is 5.76 Å². The molecule has 0 fully saturated rings. The van der Waals surface area contributed by atoms with Crippen LogP contribution in [0.1, 0.15) is 5.69 Å². The van der Waals surface area contributed by atoms with Crippen LogP contribution >= 0.6 is 0 Å². The van der Waals surface area contributed by atoms with Crippen molar-refractivity contribution in [1.29, 1.82) is 0 Å². The average Bonchev–Trinajstić information content (AvgIpc) is 3.13. The van der Waals surface area contributed by atoms with Crippen molar-refractivity contribution in [2.45, 2.75) is 0 Å². The number of rotatable bonds is 2. The minimum Gasteiger partial charge on any atom is -0.493 e. The van der Waals surface area contributed by atoms with Gasteiger partial charge in [-0.2, -0.15) is 14.6 Å². The van der Waals surface area contributed by atoms with Gasteiger partial charge in [-0.05, 0) is 34.6 Å². The van der Waals surface area contributed by atoms with Crippen molar-refractivity contribution in [2.75, 3.05) is 7.11 Å². The van der Waals surface area contributed by atoms with Crippen LogP contribution in [-0.2, 0) is 9.53 Å². The van der Waals surface area contributed by atoms with Gasteiger partial charge in [0.25, 0.3) is 5.78 Å². The number of hydrogen-bond donors (Lipinski definition) is 1. The average molecular weight is 420 g/mol. The van der Waals surface area contributed by atoms with E-state index in [4.69, 9.17) is 14.8 Å². The van der Waals surface area contributed by atoms with Gasteiger partial charge >= 0.3 is 0 Å². The second kappa shape index (κ2) is 6.75. The molecule has 154 valence electrons. The van der Waals surface area contributed by atoms with Gasteiger partial charge in [0.1, 0.15) is 16.7 Å². The lowest BCUT2D eigenvalue weighted by atomic mass is 10.00. The van der Waals surface area contributed by atoms with Crippen LogP contribution < -0.4 is 0 Å². The zero-order valence-electron chi connectivity index (χ0n) is 17.0. The Kier molecular flexibility index (Phi) is 3.85. The second-order valence-electron chi connectivity index (χ2n) is 7.49. The third kappa shape index (κ3) is 2.61. The molecule has 0 unspecified atom stereocenters. The van der Waals surface area contributed by atoms with E-state index >= 15 is 0 Å². The van der Waals surface area contributed by atoms with Crippen LogP contribution in [0.15, 0.2) is 78.1 Å². The molecule has 1 aliphatic carbocycles. The minimum atomic E-state index is -0.212. The zero-order valence-corrected chi connectivity index (χ0v) is 17.0. The number of ketones is 1. The van der Waals surface area contributed by atoms with Crippen molar-refractivity contribution in [1.82, 2.24) is 19.6 Å². The summed E-state index contributed by atoms with van der Waals surface area (Å²) in [5.41, 5.74) is 2.48. The molecule has 3 aromatic carbocycles. The molecule has 1 N–H and O–H groups in total. The molecule has 0 aliphatic heterocycles. The summed E-state index contributed by atoms with van der Waals surface area (Å²) in [7, 11) is 1.44. The first-order valence-electron chi connectivity index (χ1n) is 10.0. The normalized spacial score (nSPS) is 15.3. The summed E-state index contributed by atoms with van der Waals surface area (Å²) < 4.78 is 6.65. The summed E-state index contributed by atoms with van der Waals surface area (Å²) >= 11 is 0. The summed E-state index contributed by atoms with van der Waals surface area (Å²) in [5.74, 6) is 0.102. The molecule has 0 saturated carbocycles. The predicted octanol–water partition coefficient (Wildman–Crippen LogP) is 4.34. The van der Waals surface area contributed by atoms with Gasteiger partial charge in [-0.1, -0.05) is 54.6 Å². The van der Waals surface area contributed by atoms with Crippen LogP contribution in [0.5, 0.6) is 5.88 Å². The maximum atomic E-state index is 11.8. The third-order valence-electron chi connectivity index (χ3n) is 5.63. The maximum Gasteiger partial charge on any atom is 0.255 e. The third-order valence-corrected chi connectivity index (χ3v) is 5.63. The zero-order chi connectivity index (χ0) is 21.8. The summed E-state index contributed by atoms with van der Waals surface area (Å²) in [6.45, 7) is 0. The number of benzene rings is 3. The first-order chi connectivity index (χ1) is 15.6. The van der Waals surface area contributed by atoms with E-state index < -0.39 is 0 Å². The molecule has 6 rings (SSSR count). The van der Waals surface area contributed by atoms with Gasteiger partial charge in [0.05, 0.1) is 7.11 Å². The lowest BCUT2D eigenvalue weighted by molar-refractivity contribution is -0.114. The Bertz CT molecular complexity index is 1690. The van der Waals surface area contributed by atoms with E-state index in [1.807, 2.05) is 36.4 Å². The number of carbonyl (C=O) groups excluding carboxylic acids is 1. The van der Waals surface area contributed by atoms with Crippen molar-refractivity contribution in [3.05, 3.63) is 83.8 Å². The molecule has 7 heteroatoms. The molecular formula is C25H16N4O3. The van der Waals surface area contributed by atoms with Gasteiger partial charge in [0.2, 0.25) is 11.7 Å². The Balaban J connectivity index is 1.68. The van der Waals surface area contributed by atoms with E-state index in [0.717, 1.165) is 27.1 Å². The molecule has 32 heavy (non-hydrogen) atoms. The number of aromatic hydroxyl groups is 1. The highest BCUT2D eigenvalue weighted by molar-refractivity contribution is 6.23. The number of nitrogens with zero attached hydrogens (tertiary/aromatic N) is 4. The largest absolute Gasteiger partial charge is 0.493 e. The second-order valence-corrected chi connectivity index (χ2v) is 7.49. The lowest BCUT2D eigenvalue weighted by Crippen LogP contribution is -2.05. The van der Waals surface area contributed by atoms with Crippen LogP contribution in [0.3, 0.4) is 0 Å². The summed E-state index contributed by atoms with van der Waals surface area (Å²) in [6.07, 6.45) is 6.38. The minimum absolute atomic E-state index is 0.195. The first-order valence-corrected chi connectivity index (χ1v) is 10.0. The molecule has 5 aromatic rings. The molecule has 0 amide bonds. The van der Waals surface area contributed by atoms with Crippen molar-refractivity contribution in [2.24, 2.45) is 0 Å². The van der Waals surface area contributed by atoms with E-state index in [1.54, 1.807) is 18.2 Å². The van der Waals surface area contributed by atoms with Crippen LogP contribution in [-0.4, -0.2) is 37.6 Å². The number of aromatic nitrogens is 4. The summed E-state index contributed by atoms with van der Waals surface area (Å²) in [4.78, 5) is 20.8. The highest BCUT2D eigenvalue weighted by Gasteiger charge is 2.18. The Morgan fingerprint density at radius 3 is 2.25 bits per heavy atom. The number of imidazole rings is 1. The SMILES string of the molecule is COC1=CC(=Cc2c(O)nc3nc4c5ccccc5c5ccccc5c4nn23)C=CC1=O. The monoisotopic (exact) mass is 420 g/mol. The molecule has 2 heterocycles. The van der Waals surface area contributed by atoms with Gasteiger partial charge in [-0.15, -0.1) is 0 Å². The fourth-order valence-electron chi connectivity index (χ4n) is 4.15. The van der Waals surface area contributed by atoms with E-state index in [9.17, 15) is 9.90 Å². The molecule has 0 saturated heterocycles. The molecule has 7 nitrogen and oxygen atoms in total. The Hall–Kier alpha value is -4.52. The molecule has 2 aromatic heterocycles. The fraction of sp³-hybridized carbons (Fsp3) is 0.0400. The van der Waals surface area contributed by atoms with E-state index in [1.165, 1.54) is 17.7 Å². The number of fused-ring (bicyclic) bond motifs is 7. The van der Waals surface area contributed by atoms with Gasteiger partial charge < -0.3 is 9.84 Å². The summed E-state index contributed by atoms with van der Waals surface area (Å²) in [6, 6.07) is 16.1. The van der Waals surface area contributed by atoms with Crippen LogP contribution in [0.2, 0.25) is 0 Å². The molecule has 0 bridgehead atoms. The van der Waals surface area contributed by atoms with Gasteiger partial charge in [0, 0.05) is 10.8 Å². The van der Waals surface area contributed by atoms with Crippen molar-refractivity contribution < 1.29 is 14.6 Å². The molecule has 1 aliphatic rings. The topological polar surface area (TPSA) is 89.6 Å². The smallest absolute Gasteiger partial charge is 0.255 e. The van der Waals surface area contributed by atoms with Crippen molar-refractivity contribution >= 4 is 50.2 Å². The molecule has 0 radical (unpaired) electrons. The first kappa shape index (κ1) is 18.3. The molecular weight excluding hydrogens is 404 g/mol. The van der Waals surface area contributed by atoms with E-state index in [2.05, 4.69) is 17.1 Å². The number of ether oxygens (including phenoxy) is 1. The molecule has 0 spiro atoms. The number of methoxy groups -OCH3 is 1. The van der Waals surface area contributed by atoms with Gasteiger partial charge in [-0.25, -0.2) is 4.98 Å². The van der Waals surface area contributed by atoms with Crippen LogP contribution in [0, 0.1) is 0 Å². The highest BCUT2D eigenvalue weighted by atomic mass is 16.5. The van der Waals surface area contributed by atoms with Crippen molar-refractivity contribution in [3.8, 4) is 5.88 Å². The summed E-state index contributed by atoms with van der Waals surface area (Å²) in [5, 5.41) is 19.5. The Morgan fingerprint density at radius 2 is 1.56 bits per heavy atom. The number of hydrogen-bond acceptors (Lipinski definition) is 6. The van der Waals surface area contributed by atoms with Crippen molar-refractivity contribution in [3.63, 3.8) is 0 Å². The van der Waals surface area contributed by atoms with Gasteiger partial charge in [-0.3, -0.25) is 4.79 Å². The Labute approximate surface area is 181 Å². The van der Waals surface area contributed by atoms with E-state index in [0.29, 0.717) is 16.8 Å². The molecule has 0 atom stereocenters.